The molecule has 8 rings (SSSR count). The predicted octanol–water partition coefficient (Wildman–Crippen LogP) is 4.02. The number of nitrogens with one attached hydrogen (secondary N) is 4. The van der Waals surface area contributed by atoms with Crippen LogP contribution in [0.1, 0.15) is 60.0 Å². The third-order valence-corrected chi connectivity index (χ3v) is 13.6. The van der Waals surface area contributed by atoms with Crippen LogP contribution in [0.5, 0.6) is 0 Å². The lowest BCUT2D eigenvalue weighted by Crippen LogP contribution is -2.52. The summed E-state index contributed by atoms with van der Waals surface area (Å²) >= 11 is 0. The Kier molecular flexibility index (Phi) is 12.7. The summed E-state index contributed by atoms with van der Waals surface area (Å²) in [5.41, 5.74) is 0.863. The molecule has 3 aromatic heterocycles. The van der Waals surface area contributed by atoms with E-state index in [2.05, 4.69) is 40.2 Å². The van der Waals surface area contributed by atoms with E-state index >= 15 is 13.2 Å². The zero-order chi connectivity index (χ0) is 45.3. The number of amides is 3. The van der Waals surface area contributed by atoms with Gasteiger partial charge in [0.2, 0.25) is 29.5 Å². The van der Waals surface area contributed by atoms with Crippen LogP contribution in [0, 0.1) is 17.5 Å². The van der Waals surface area contributed by atoms with Crippen LogP contribution in [0.2, 0.25) is 0 Å². The lowest BCUT2D eigenvalue weighted by Gasteiger charge is -2.37. The normalized spacial score (nSPS) is 17.8. The number of hydrogen-bond acceptors (Lipinski definition) is 12. The predicted molar refractivity (Wildman–Crippen MR) is 231 cm³/mol. The number of aromatic nitrogens is 4. The number of piperidine rings is 2. The molecule has 0 saturated carbocycles. The minimum atomic E-state index is -4.16. The first-order chi connectivity index (χ1) is 30.7. The van der Waals surface area contributed by atoms with E-state index in [1.807, 2.05) is 9.80 Å². The molecule has 1 atom stereocenters. The van der Waals surface area contributed by atoms with Crippen molar-refractivity contribution in [1.82, 2.24) is 39.4 Å². The van der Waals surface area contributed by atoms with E-state index in [9.17, 15) is 27.6 Å². The van der Waals surface area contributed by atoms with Crippen molar-refractivity contribution in [2.45, 2.75) is 44.6 Å². The van der Waals surface area contributed by atoms with E-state index in [1.165, 1.54) is 19.3 Å². The van der Waals surface area contributed by atoms with Crippen LogP contribution in [-0.2, 0) is 24.6 Å². The number of benzene rings is 2. The zero-order valence-electron chi connectivity index (χ0n) is 35.0. The quantitative estimate of drug-likeness (QED) is 0.0978. The van der Waals surface area contributed by atoms with Crippen molar-refractivity contribution >= 4 is 62.1 Å². The van der Waals surface area contributed by atoms with Crippen molar-refractivity contribution in [3.05, 3.63) is 95.3 Å². The smallest absolute Gasteiger partial charge is 0.301 e. The van der Waals surface area contributed by atoms with Gasteiger partial charge in [-0.15, -0.1) is 0 Å². The standard InChI is InChI=1S/C43H46F3N11O6S/c1-3-54(2)64(62,63)53-34-7-6-32(44)38(39(34)46)40(60)31-23-48-41-30(31)18-26(20-47-41)27-21-49-43(50-22-27)57-16-14-56(15-17-57)37(59)24-55-12-10-25(11-13-55)29-5-4-28(19-33(29)45)51-35-8-9-36(58)52-42(35)61/h4-7,18-23,25,35,51,53H,3,8-17,24H2,1-2H3,(H,47,48)(H,52,58,61). The molecule has 64 heavy (non-hydrogen) atoms. The average molecular weight is 902 g/mol. The van der Waals surface area contributed by atoms with Crippen molar-refractivity contribution < 1.29 is 40.8 Å². The molecular formula is C43H46F3N11O6S. The van der Waals surface area contributed by atoms with Crippen LogP contribution in [0.15, 0.2) is 61.2 Å². The Hall–Kier alpha value is -6.45. The number of aromatic amines is 1. The van der Waals surface area contributed by atoms with Crippen molar-refractivity contribution in [2.75, 3.05) is 74.3 Å². The fourth-order valence-corrected chi connectivity index (χ4v) is 9.10. The molecule has 17 nitrogen and oxygen atoms in total. The number of imide groups is 1. The number of piperazine rings is 1. The van der Waals surface area contributed by atoms with Gasteiger partial charge in [-0.3, -0.25) is 34.1 Å². The summed E-state index contributed by atoms with van der Waals surface area (Å²) in [5.74, 6) is -4.16. The highest BCUT2D eigenvalue weighted by Crippen LogP contribution is 2.33. The lowest BCUT2D eigenvalue weighted by molar-refractivity contribution is -0.134. The number of hydrogen-bond donors (Lipinski definition) is 4. The summed E-state index contributed by atoms with van der Waals surface area (Å²) in [6, 6.07) is 7.64. The molecule has 2 aromatic carbocycles. The highest BCUT2D eigenvalue weighted by Gasteiger charge is 2.31. The second-order valence-electron chi connectivity index (χ2n) is 16.0. The van der Waals surface area contributed by atoms with Crippen LogP contribution in [0.4, 0.5) is 30.5 Å². The van der Waals surface area contributed by atoms with Gasteiger partial charge in [0.25, 0.3) is 0 Å². The van der Waals surface area contributed by atoms with Crippen molar-refractivity contribution in [2.24, 2.45) is 0 Å². The Morgan fingerprint density at radius 1 is 0.891 bits per heavy atom. The van der Waals surface area contributed by atoms with E-state index in [-0.39, 0.29) is 59.7 Å². The van der Waals surface area contributed by atoms with Gasteiger partial charge in [0, 0.05) is 98.7 Å². The SMILES string of the molecule is CCN(C)S(=O)(=O)Nc1ccc(F)c(C(=O)c2c[nH]c3ncc(-c4cnc(N5CCN(C(=O)CN6CCC(c7ccc(NC8CCC(=O)NC8=O)cc7F)CC6)CC5)nc4)cc23)c1F. The molecule has 3 fully saturated rings. The summed E-state index contributed by atoms with van der Waals surface area (Å²) < 4.78 is 73.9. The zero-order valence-corrected chi connectivity index (χ0v) is 35.9. The summed E-state index contributed by atoms with van der Waals surface area (Å²) in [6.07, 6.45) is 7.98. The first-order valence-corrected chi connectivity index (χ1v) is 22.3. The minimum Gasteiger partial charge on any atom is -0.374 e. The Bertz CT molecular complexity index is 2720. The van der Waals surface area contributed by atoms with Gasteiger partial charge in [-0.1, -0.05) is 13.0 Å². The summed E-state index contributed by atoms with van der Waals surface area (Å²) in [7, 11) is -2.88. The molecule has 0 aliphatic carbocycles. The van der Waals surface area contributed by atoms with Gasteiger partial charge in [-0.25, -0.2) is 28.1 Å². The van der Waals surface area contributed by atoms with Crippen molar-refractivity contribution in [1.29, 1.82) is 0 Å². The first-order valence-electron chi connectivity index (χ1n) is 20.9. The number of carbonyl (C=O) groups excluding carboxylic acids is 4. The number of fused-ring (bicyclic) bond motifs is 1. The molecule has 0 radical (unpaired) electrons. The summed E-state index contributed by atoms with van der Waals surface area (Å²) in [4.78, 5) is 72.8. The monoisotopic (exact) mass is 901 g/mol. The maximum Gasteiger partial charge on any atom is 0.301 e. The fourth-order valence-electron chi connectivity index (χ4n) is 8.17. The minimum absolute atomic E-state index is 0.00183. The van der Waals surface area contributed by atoms with E-state index in [1.54, 1.807) is 43.7 Å². The number of pyridine rings is 1. The Labute approximate surface area is 366 Å². The van der Waals surface area contributed by atoms with E-state index < -0.39 is 50.8 Å². The molecule has 3 aliphatic heterocycles. The van der Waals surface area contributed by atoms with E-state index in [0.29, 0.717) is 86.9 Å². The van der Waals surface area contributed by atoms with Gasteiger partial charge in [0.1, 0.15) is 23.3 Å². The van der Waals surface area contributed by atoms with Gasteiger partial charge < -0.3 is 20.1 Å². The number of likely N-dealkylation sites (tertiary alicyclic amines) is 1. The molecule has 6 heterocycles. The summed E-state index contributed by atoms with van der Waals surface area (Å²) in [6.45, 7) is 5.19. The number of H-pyrrole nitrogens is 1. The lowest BCUT2D eigenvalue weighted by atomic mass is 9.89. The number of carbonyl (C=O) groups is 4. The van der Waals surface area contributed by atoms with Gasteiger partial charge in [-0.2, -0.15) is 12.7 Å². The third-order valence-electron chi connectivity index (χ3n) is 12.0. The number of halogens is 3. The van der Waals surface area contributed by atoms with Gasteiger partial charge in [-0.05, 0) is 74.2 Å². The molecule has 21 heteroatoms. The molecule has 0 spiro atoms. The van der Waals surface area contributed by atoms with Crippen molar-refractivity contribution in [3.8, 4) is 11.1 Å². The average Bonchev–Trinajstić information content (AvgIpc) is 3.72. The summed E-state index contributed by atoms with van der Waals surface area (Å²) in [5, 5.41) is 5.58. The number of ketones is 1. The van der Waals surface area contributed by atoms with Crippen LogP contribution in [-0.4, -0.2) is 131 Å². The van der Waals surface area contributed by atoms with E-state index in [0.717, 1.165) is 16.4 Å². The highest BCUT2D eigenvalue weighted by molar-refractivity contribution is 7.90. The molecule has 4 N–H and O–H groups in total. The molecule has 3 saturated heterocycles. The van der Waals surface area contributed by atoms with Crippen LogP contribution in [0.25, 0.3) is 22.2 Å². The van der Waals surface area contributed by atoms with Crippen LogP contribution in [0.3, 0.4) is 0 Å². The Morgan fingerprint density at radius 3 is 2.30 bits per heavy atom. The molecule has 3 amide bonds. The van der Waals surface area contributed by atoms with Crippen LogP contribution >= 0.6 is 0 Å². The maximum atomic E-state index is 15.6. The van der Waals surface area contributed by atoms with Crippen molar-refractivity contribution in [3.63, 3.8) is 0 Å². The second-order valence-corrected chi connectivity index (χ2v) is 17.8. The topological polar surface area (TPSA) is 206 Å². The second kappa shape index (κ2) is 18.3. The van der Waals surface area contributed by atoms with Gasteiger partial charge >= 0.3 is 10.2 Å². The molecule has 5 aromatic rings. The fraction of sp³-hybridized carbons (Fsp3) is 0.372. The molecule has 336 valence electrons. The van der Waals surface area contributed by atoms with Gasteiger partial charge in [0.15, 0.2) is 5.82 Å². The highest BCUT2D eigenvalue weighted by atomic mass is 32.2. The number of rotatable bonds is 13. The maximum absolute atomic E-state index is 15.6. The Balaban J connectivity index is 0.839. The number of nitrogens with zero attached hydrogens (tertiary/aromatic N) is 7. The molecule has 3 aliphatic rings. The Morgan fingerprint density at radius 2 is 1.61 bits per heavy atom. The molecule has 1 unspecified atom stereocenters. The van der Waals surface area contributed by atoms with E-state index in [4.69, 9.17) is 0 Å². The number of anilines is 3. The molecular weight excluding hydrogens is 856 g/mol. The largest absolute Gasteiger partial charge is 0.374 e. The van der Waals surface area contributed by atoms with Gasteiger partial charge in [0.05, 0.1) is 17.8 Å². The third kappa shape index (κ3) is 9.27. The molecule has 0 bridgehead atoms. The first kappa shape index (κ1) is 44.2. The van der Waals surface area contributed by atoms with Crippen LogP contribution < -0.4 is 20.3 Å².